The standard InChI is InChI=1S/C16H25NO/c1-11-8-12-10-14(18)13-4-2-6-17-7-3-5-16(12,13)15(17)9-11/h9,11-14,18H,2-8,10H2,1H3/t11?,12?,13-,14+,16?/m1/s1. The van der Waals surface area contributed by atoms with Gasteiger partial charge in [-0.3, -0.25) is 0 Å². The van der Waals surface area contributed by atoms with Crippen molar-refractivity contribution in [2.75, 3.05) is 13.1 Å². The number of rotatable bonds is 0. The third kappa shape index (κ3) is 1.28. The number of nitrogens with zero attached hydrogens (tertiary/aromatic N) is 1. The summed E-state index contributed by atoms with van der Waals surface area (Å²) < 4.78 is 0. The molecule has 0 aromatic heterocycles. The van der Waals surface area contributed by atoms with E-state index in [-0.39, 0.29) is 6.10 Å². The van der Waals surface area contributed by atoms with Gasteiger partial charge >= 0.3 is 0 Å². The summed E-state index contributed by atoms with van der Waals surface area (Å²) in [4.78, 5) is 2.67. The molecule has 0 radical (unpaired) electrons. The Bertz CT molecular complexity index is 391. The molecule has 2 aliphatic heterocycles. The fraction of sp³-hybridized carbons (Fsp3) is 0.875. The third-order valence-corrected chi connectivity index (χ3v) is 6.26. The molecule has 100 valence electrons. The van der Waals surface area contributed by atoms with E-state index >= 15 is 0 Å². The Balaban J connectivity index is 1.88. The molecular weight excluding hydrogens is 222 g/mol. The lowest BCUT2D eigenvalue weighted by molar-refractivity contribution is 0.0412. The van der Waals surface area contributed by atoms with E-state index in [4.69, 9.17) is 0 Å². The normalized spacial score (nSPS) is 50.6. The van der Waals surface area contributed by atoms with Crippen LogP contribution in [0.25, 0.3) is 0 Å². The number of hydrogen-bond donors (Lipinski definition) is 1. The zero-order chi connectivity index (χ0) is 12.3. The van der Waals surface area contributed by atoms with Gasteiger partial charge in [0.25, 0.3) is 0 Å². The SMILES string of the molecule is CC1C=C2N3CCC[C@@H]4[C@@H](O)CC(C1)C24CCC3. The predicted molar refractivity (Wildman–Crippen MR) is 71.9 cm³/mol. The predicted octanol–water partition coefficient (Wildman–Crippen LogP) is 2.78. The van der Waals surface area contributed by atoms with Gasteiger partial charge in [-0.1, -0.05) is 13.0 Å². The zero-order valence-corrected chi connectivity index (χ0v) is 11.4. The molecule has 4 aliphatic rings. The molecule has 0 aromatic rings. The molecule has 18 heavy (non-hydrogen) atoms. The molecule has 0 amide bonds. The van der Waals surface area contributed by atoms with E-state index in [1.54, 1.807) is 5.70 Å². The molecule has 3 unspecified atom stereocenters. The lowest BCUT2D eigenvalue weighted by Gasteiger charge is -2.52. The Labute approximate surface area is 110 Å². The largest absolute Gasteiger partial charge is 0.393 e. The number of hydrogen-bond acceptors (Lipinski definition) is 2. The van der Waals surface area contributed by atoms with Gasteiger partial charge in [-0.2, -0.15) is 0 Å². The summed E-state index contributed by atoms with van der Waals surface area (Å²) in [6.07, 6.45) is 10.1. The van der Waals surface area contributed by atoms with Gasteiger partial charge in [-0.05, 0) is 56.3 Å². The Morgan fingerprint density at radius 3 is 3.00 bits per heavy atom. The topological polar surface area (TPSA) is 23.5 Å². The van der Waals surface area contributed by atoms with Gasteiger partial charge in [0.1, 0.15) is 0 Å². The van der Waals surface area contributed by atoms with Crippen LogP contribution in [0.2, 0.25) is 0 Å². The Morgan fingerprint density at radius 1 is 1.28 bits per heavy atom. The van der Waals surface area contributed by atoms with Crippen LogP contribution in [0, 0.1) is 23.2 Å². The molecule has 2 heterocycles. The molecule has 2 heteroatoms. The minimum absolute atomic E-state index is 0.0262. The van der Waals surface area contributed by atoms with Crippen LogP contribution >= 0.6 is 0 Å². The summed E-state index contributed by atoms with van der Waals surface area (Å²) in [7, 11) is 0. The molecule has 1 spiro atoms. The maximum absolute atomic E-state index is 10.5. The maximum Gasteiger partial charge on any atom is 0.0580 e. The van der Waals surface area contributed by atoms with Crippen LogP contribution in [0.5, 0.6) is 0 Å². The van der Waals surface area contributed by atoms with Crippen LogP contribution in [-0.4, -0.2) is 29.2 Å². The summed E-state index contributed by atoms with van der Waals surface area (Å²) in [6, 6.07) is 0. The van der Waals surface area contributed by atoms with Crippen molar-refractivity contribution in [3.05, 3.63) is 11.8 Å². The molecule has 4 rings (SSSR count). The van der Waals surface area contributed by atoms with Crippen LogP contribution < -0.4 is 0 Å². The average molecular weight is 247 g/mol. The molecule has 2 nitrogen and oxygen atoms in total. The summed E-state index contributed by atoms with van der Waals surface area (Å²) in [5.74, 6) is 2.03. The fourth-order valence-electron chi connectivity index (χ4n) is 5.74. The van der Waals surface area contributed by atoms with Gasteiger partial charge in [-0.15, -0.1) is 0 Å². The van der Waals surface area contributed by atoms with E-state index in [0.717, 1.165) is 12.3 Å². The third-order valence-electron chi connectivity index (χ3n) is 6.26. The van der Waals surface area contributed by atoms with Crippen LogP contribution in [-0.2, 0) is 0 Å². The van der Waals surface area contributed by atoms with E-state index in [9.17, 15) is 5.11 Å². The van der Waals surface area contributed by atoms with Crippen molar-refractivity contribution < 1.29 is 5.11 Å². The first kappa shape index (κ1) is 11.3. The number of piperidine rings is 1. The van der Waals surface area contributed by atoms with Gasteiger partial charge < -0.3 is 10.0 Å². The number of aliphatic hydroxyl groups is 1. The minimum Gasteiger partial charge on any atom is -0.393 e. The van der Waals surface area contributed by atoms with Gasteiger partial charge in [0, 0.05) is 24.2 Å². The van der Waals surface area contributed by atoms with Crippen LogP contribution in [0.15, 0.2) is 11.8 Å². The second kappa shape index (κ2) is 3.75. The zero-order valence-electron chi connectivity index (χ0n) is 11.4. The first-order valence-electron chi connectivity index (χ1n) is 7.87. The fourth-order valence-corrected chi connectivity index (χ4v) is 5.74. The molecule has 1 N–H and O–H groups in total. The van der Waals surface area contributed by atoms with Crippen molar-refractivity contribution in [2.45, 2.75) is 51.6 Å². The van der Waals surface area contributed by atoms with E-state index in [1.165, 1.54) is 45.2 Å². The highest BCUT2D eigenvalue weighted by atomic mass is 16.3. The summed E-state index contributed by atoms with van der Waals surface area (Å²) >= 11 is 0. The Morgan fingerprint density at radius 2 is 2.11 bits per heavy atom. The quantitative estimate of drug-likeness (QED) is 0.711. The van der Waals surface area contributed by atoms with Crippen molar-refractivity contribution in [3.8, 4) is 0 Å². The maximum atomic E-state index is 10.5. The van der Waals surface area contributed by atoms with Gasteiger partial charge in [0.05, 0.1) is 6.10 Å². The van der Waals surface area contributed by atoms with E-state index in [1.807, 2.05) is 0 Å². The number of allylic oxidation sites excluding steroid dienone is 2. The minimum atomic E-state index is -0.0262. The molecule has 5 atom stereocenters. The van der Waals surface area contributed by atoms with Gasteiger partial charge in [0.15, 0.2) is 0 Å². The molecule has 2 saturated heterocycles. The molecular formula is C16H25NO. The van der Waals surface area contributed by atoms with Crippen molar-refractivity contribution in [1.29, 1.82) is 0 Å². The first-order valence-corrected chi connectivity index (χ1v) is 7.87. The smallest absolute Gasteiger partial charge is 0.0580 e. The average Bonchev–Trinajstić information content (AvgIpc) is 2.55. The van der Waals surface area contributed by atoms with Crippen molar-refractivity contribution in [3.63, 3.8) is 0 Å². The highest BCUT2D eigenvalue weighted by Crippen LogP contribution is 2.64. The second-order valence-corrected chi connectivity index (χ2v) is 7.14. The van der Waals surface area contributed by atoms with E-state index in [2.05, 4.69) is 17.9 Å². The Hall–Kier alpha value is -0.500. The monoisotopic (exact) mass is 247 g/mol. The molecule has 1 saturated carbocycles. The summed E-state index contributed by atoms with van der Waals surface area (Å²) in [6.45, 7) is 4.85. The molecule has 2 aliphatic carbocycles. The van der Waals surface area contributed by atoms with Gasteiger partial charge in [0.2, 0.25) is 0 Å². The number of aliphatic hydroxyl groups excluding tert-OH is 1. The van der Waals surface area contributed by atoms with E-state index < -0.39 is 0 Å². The van der Waals surface area contributed by atoms with Crippen LogP contribution in [0.4, 0.5) is 0 Å². The lowest BCUT2D eigenvalue weighted by Crippen LogP contribution is -2.47. The second-order valence-electron chi connectivity index (χ2n) is 7.14. The van der Waals surface area contributed by atoms with Crippen molar-refractivity contribution in [1.82, 2.24) is 4.90 Å². The highest BCUT2D eigenvalue weighted by molar-refractivity contribution is 5.28. The molecule has 2 bridgehead atoms. The van der Waals surface area contributed by atoms with E-state index in [0.29, 0.717) is 17.3 Å². The van der Waals surface area contributed by atoms with Crippen molar-refractivity contribution in [2.24, 2.45) is 23.2 Å². The van der Waals surface area contributed by atoms with Crippen molar-refractivity contribution >= 4 is 0 Å². The van der Waals surface area contributed by atoms with Gasteiger partial charge in [-0.25, -0.2) is 0 Å². The van der Waals surface area contributed by atoms with Crippen LogP contribution in [0.3, 0.4) is 0 Å². The lowest BCUT2D eigenvalue weighted by atomic mass is 9.59. The highest BCUT2D eigenvalue weighted by Gasteiger charge is 2.60. The van der Waals surface area contributed by atoms with Crippen LogP contribution in [0.1, 0.15) is 45.4 Å². The Kier molecular flexibility index (Phi) is 2.36. The first-order chi connectivity index (χ1) is 8.72. The molecule has 0 aromatic carbocycles. The summed E-state index contributed by atoms with van der Waals surface area (Å²) in [5.41, 5.74) is 2.03. The molecule has 3 fully saturated rings. The summed E-state index contributed by atoms with van der Waals surface area (Å²) in [5, 5.41) is 10.5.